The van der Waals surface area contributed by atoms with Crippen LogP contribution in [0.5, 0.6) is 11.5 Å². The van der Waals surface area contributed by atoms with Gasteiger partial charge in [0.1, 0.15) is 11.5 Å². The molecule has 4 aromatic heterocycles. The highest BCUT2D eigenvalue weighted by Crippen LogP contribution is 2.16. The molecular formula is C24H16N6O4S2. The van der Waals surface area contributed by atoms with Crippen molar-refractivity contribution < 1.29 is 9.47 Å². The van der Waals surface area contributed by atoms with Crippen LogP contribution >= 0.6 is 22.7 Å². The molecule has 6 rings (SSSR count). The molecule has 0 bridgehead atoms. The zero-order chi connectivity index (χ0) is 24.8. The second-order valence-electron chi connectivity index (χ2n) is 7.64. The summed E-state index contributed by atoms with van der Waals surface area (Å²) >= 11 is 2.43. The number of hydrogen-bond acceptors (Lipinski definition) is 10. The lowest BCUT2D eigenvalue weighted by molar-refractivity contribution is 0.414. The van der Waals surface area contributed by atoms with Gasteiger partial charge >= 0.3 is 0 Å². The first-order chi connectivity index (χ1) is 17.5. The van der Waals surface area contributed by atoms with Gasteiger partial charge in [0.15, 0.2) is 0 Å². The van der Waals surface area contributed by atoms with E-state index in [0.29, 0.717) is 19.0 Å². The molecule has 10 nitrogen and oxygen atoms in total. The number of methoxy groups -OCH3 is 2. The monoisotopic (exact) mass is 516 g/mol. The van der Waals surface area contributed by atoms with Crippen LogP contribution in [0.15, 0.2) is 58.1 Å². The lowest BCUT2D eigenvalue weighted by Crippen LogP contribution is -2.24. The van der Waals surface area contributed by atoms with Crippen molar-refractivity contribution in [3.05, 3.63) is 89.4 Å². The standard InChI is InChI=1S/C24H16N6O4S2/c1-33-15-7-3-13(4-8-15)11-17-21(31)29-23(35-17)25-19(27-29)20-26-24-30(28-20)22(32)18(36-24)12-14-5-9-16(34-2)10-6-14/h3-12H,1-2H3/b17-11-,18-12-. The van der Waals surface area contributed by atoms with Crippen LogP contribution < -0.4 is 29.7 Å². The molecule has 0 aliphatic carbocycles. The summed E-state index contributed by atoms with van der Waals surface area (Å²) in [7, 11) is 3.20. The van der Waals surface area contributed by atoms with E-state index < -0.39 is 0 Å². The van der Waals surface area contributed by atoms with Crippen molar-refractivity contribution in [3.8, 4) is 23.1 Å². The Bertz CT molecular complexity index is 1810. The maximum Gasteiger partial charge on any atom is 0.291 e. The number of fused-ring (bicyclic) bond motifs is 2. The second kappa shape index (κ2) is 8.66. The first-order valence-electron chi connectivity index (χ1n) is 10.6. The van der Waals surface area contributed by atoms with Gasteiger partial charge in [-0.1, -0.05) is 46.9 Å². The van der Waals surface area contributed by atoms with Gasteiger partial charge in [-0.05, 0) is 47.5 Å². The lowest BCUT2D eigenvalue weighted by Gasteiger charge is -1.98. The molecule has 0 saturated carbocycles. The summed E-state index contributed by atoms with van der Waals surface area (Å²) in [4.78, 5) is 35.4. The molecule has 178 valence electrons. The fourth-order valence-electron chi connectivity index (χ4n) is 3.56. The Balaban J connectivity index is 1.34. The van der Waals surface area contributed by atoms with Crippen LogP contribution in [0.4, 0.5) is 0 Å². The van der Waals surface area contributed by atoms with Crippen LogP contribution in [0.1, 0.15) is 11.1 Å². The molecule has 4 heterocycles. The van der Waals surface area contributed by atoms with Gasteiger partial charge in [0.2, 0.25) is 21.6 Å². The van der Waals surface area contributed by atoms with Gasteiger partial charge in [-0.2, -0.15) is 19.0 Å². The number of ether oxygens (including phenoxy) is 2. The Morgan fingerprint density at radius 3 is 1.39 bits per heavy atom. The van der Waals surface area contributed by atoms with Gasteiger partial charge in [-0.25, -0.2) is 0 Å². The minimum absolute atomic E-state index is 0.185. The van der Waals surface area contributed by atoms with Crippen LogP contribution in [-0.4, -0.2) is 43.4 Å². The van der Waals surface area contributed by atoms with Crippen molar-refractivity contribution in [3.63, 3.8) is 0 Å². The van der Waals surface area contributed by atoms with Crippen LogP contribution in [-0.2, 0) is 0 Å². The van der Waals surface area contributed by atoms with Crippen molar-refractivity contribution in [1.29, 1.82) is 0 Å². The second-order valence-corrected chi connectivity index (χ2v) is 9.66. The maximum atomic E-state index is 12.8. The maximum absolute atomic E-state index is 12.8. The van der Waals surface area contributed by atoms with Crippen molar-refractivity contribution >= 4 is 44.7 Å². The third kappa shape index (κ3) is 3.82. The molecule has 0 aliphatic rings. The molecule has 0 radical (unpaired) electrons. The molecule has 0 atom stereocenters. The first-order valence-corrected chi connectivity index (χ1v) is 12.3. The van der Waals surface area contributed by atoms with E-state index in [1.807, 2.05) is 48.5 Å². The molecule has 12 heteroatoms. The number of rotatable bonds is 5. The highest BCUT2D eigenvalue weighted by atomic mass is 32.1. The number of thiazole rings is 2. The first kappa shape index (κ1) is 22.1. The Morgan fingerprint density at radius 2 is 1.06 bits per heavy atom. The summed E-state index contributed by atoms with van der Waals surface area (Å²) < 4.78 is 13.8. The Hall–Kier alpha value is -4.42. The SMILES string of the molecule is COc1ccc(/C=c2\sc3nc(-c4nc5s/c(=C\c6ccc(OC)cc6)c(=O)n5n4)nn3c2=O)cc1. The van der Waals surface area contributed by atoms with Crippen molar-refractivity contribution in [1.82, 2.24) is 29.2 Å². The fourth-order valence-corrected chi connectivity index (χ4v) is 5.38. The van der Waals surface area contributed by atoms with Gasteiger partial charge in [-0.15, -0.1) is 10.2 Å². The number of nitrogens with zero attached hydrogens (tertiary/aromatic N) is 6. The Labute approximate surface area is 210 Å². The van der Waals surface area contributed by atoms with E-state index in [4.69, 9.17) is 9.47 Å². The number of aromatic nitrogens is 6. The highest BCUT2D eigenvalue weighted by molar-refractivity contribution is 7.15. The molecule has 0 N–H and O–H groups in total. The van der Waals surface area contributed by atoms with E-state index in [2.05, 4.69) is 20.2 Å². The quantitative estimate of drug-likeness (QED) is 0.338. The minimum atomic E-state index is -0.286. The van der Waals surface area contributed by atoms with Gasteiger partial charge in [-0.3, -0.25) is 9.59 Å². The van der Waals surface area contributed by atoms with Gasteiger partial charge < -0.3 is 9.47 Å². The molecule has 0 amide bonds. The predicted octanol–water partition coefficient (Wildman–Crippen LogP) is 1.39. The van der Waals surface area contributed by atoms with Crippen molar-refractivity contribution in [2.45, 2.75) is 0 Å². The zero-order valence-corrected chi connectivity index (χ0v) is 20.5. The number of benzene rings is 2. The summed E-state index contributed by atoms with van der Waals surface area (Å²) in [6, 6.07) is 14.8. The van der Waals surface area contributed by atoms with Crippen LogP contribution in [0, 0.1) is 0 Å². The van der Waals surface area contributed by atoms with Crippen molar-refractivity contribution in [2.24, 2.45) is 0 Å². The zero-order valence-electron chi connectivity index (χ0n) is 18.9. The number of hydrogen-bond donors (Lipinski definition) is 0. The molecule has 0 spiro atoms. The van der Waals surface area contributed by atoms with Crippen LogP contribution in [0.25, 0.3) is 33.7 Å². The lowest BCUT2D eigenvalue weighted by atomic mass is 10.2. The molecule has 0 saturated heterocycles. The molecular weight excluding hydrogens is 500 g/mol. The topological polar surface area (TPSA) is 113 Å². The van der Waals surface area contributed by atoms with Crippen LogP contribution in [0.3, 0.4) is 0 Å². The molecule has 0 fully saturated rings. The molecule has 6 aromatic rings. The van der Waals surface area contributed by atoms with E-state index in [0.717, 1.165) is 22.6 Å². The highest BCUT2D eigenvalue weighted by Gasteiger charge is 2.18. The average molecular weight is 517 g/mol. The summed E-state index contributed by atoms with van der Waals surface area (Å²) in [6.07, 6.45) is 3.55. The summed E-state index contributed by atoms with van der Waals surface area (Å²) in [5, 5.41) is 8.58. The van der Waals surface area contributed by atoms with E-state index in [9.17, 15) is 9.59 Å². The fraction of sp³-hybridized carbons (Fsp3) is 0.0833. The van der Waals surface area contributed by atoms with Gasteiger partial charge in [0.25, 0.3) is 11.1 Å². The summed E-state index contributed by atoms with van der Waals surface area (Å²) in [5.41, 5.74) is 1.15. The van der Waals surface area contributed by atoms with Crippen LogP contribution in [0.2, 0.25) is 0 Å². The summed E-state index contributed by atoms with van der Waals surface area (Å²) in [6.45, 7) is 0. The molecule has 36 heavy (non-hydrogen) atoms. The third-order valence-electron chi connectivity index (χ3n) is 5.39. The van der Waals surface area contributed by atoms with Gasteiger partial charge in [0, 0.05) is 0 Å². The van der Waals surface area contributed by atoms with E-state index in [1.54, 1.807) is 26.4 Å². The average Bonchev–Trinajstić information content (AvgIpc) is 3.64. The van der Waals surface area contributed by atoms with E-state index >= 15 is 0 Å². The van der Waals surface area contributed by atoms with E-state index in [1.165, 1.54) is 31.7 Å². The Morgan fingerprint density at radius 1 is 0.667 bits per heavy atom. The van der Waals surface area contributed by atoms with Gasteiger partial charge in [0.05, 0.1) is 23.3 Å². The molecule has 0 aliphatic heterocycles. The normalized spacial score (nSPS) is 12.7. The molecule has 2 aromatic carbocycles. The predicted molar refractivity (Wildman–Crippen MR) is 137 cm³/mol. The minimum Gasteiger partial charge on any atom is -0.497 e. The third-order valence-corrected chi connectivity index (χ3v) is 7.31. The Kier molecular flexibility index (Phi) is 5.31. The van der Waals surface area contributed by atoms with E-state index in [-0.39, 0.29) is 22.8 Å². The smallest absolute Gasteiger partial charge is 0.291 e. The summed E-state index contributed by atoms with van der Waals surface area (Å²) in [5.74, 6) is 1.85. The largest absolute Gasteiger partial charge is 0.497 e. The molecule has 0 unspecified atom stereocenters. The van der Waals surface area contributed by atoms with Crippen molar-refractivity contribution in [2.75, 3.05) is 14.2 Å².